The van der Waals surface area contributed by atoms with Crippen LogP contribution in [0.5, 0.6) is 0 Å². The van der Waals surface area contributed by atoms with Crippen molar-refractivity contribution in [3.05, 3.63) is 48.2 Å². The number of aromatic nitrogens is 1. The molecule has 0 saturated heterocycles. The lowest BCUT2D eigenvalue weighted by Crippen LogP contribution is -2.30. The summed E-state index contributed by atoms with van der Waals surface area (Å²) < 4.78 is 11.0. The number of benzene rings is 1. The second-order valence-electron chi connectivity index (χ2n) is 5.87. The van der Waals surface area contributed by atoms with Gasteiger partial charge in [0.1, 0.15) is 11.3 Å². The number of oxazole rings is 1. The highest BCUT2D eigenvalue weighted by molar-refractivity contribution is 5.91. The first kappa shape index (κ1) is 13.9. The number of amides is 2. The fourth-order valence-electron chi connectivity index (χ4n) is 2.45. The summed E-state index contributed by atoms with van der Waals surface area (Å²) in [6.45, 7) is 0.414. The molecule has 1 aromatic carbocycles. The van der Waals surface area contributed by atoms with Gasteiger partial charge in [-0.1, -0.05) is 0 Å². The van der Waals surface area contributed by atoms with Gasteiger partial charge in [-0.15, -0.1) is 0 Å². The molecule has 6 nitrogen and oxygen atoms in total. The van der Waals surface area contributed by atoms with E-state index in [2.05, 4.69) is 10.3 Å². The number of rotatable bonds is 4. The number of hydrogen-bond donors (Lipinski definition) is 1. The number of furan rings is 1. The molecular weight excluding hydrogens is 294 g/mol. The number of urea groups is 1. The maximum absolute atomic E-state index is 12.2. The van der Waals surface area contributed by atoms with E-state index in [1.165, 1.54) is 0 Å². The summed E-state index contributed by atoms with van der Waals surface area (Å²) in [4.78, 5) is 18.3. The monoisotopic (exact) mass is 311 g/mol. The summed E-state index contributed by atoms with van der Waals surface area (Å²) in [5.74, 6) is 2.02. The quantitative estimate of drug-likeness (QED) is 0.791. The van der Waals surface area contributed by atoms with Gasteiger partial charge in [-0.2, -0.15) is 0 Å². The Bertz CT molecular complexity index is 834. The highest BCUT2D eigenvalue weighted by atomic mass is 16.3. The molecule has 2 amide bonds. The van der Waals surface area contributed by atoms with Gasteiger partial charge in [0.05, 0.1) is 12.8 Å². The molecule has 118 valence electrons. The number of nitrogens with zero attached hydrogens (tertiary/aromatic N) is 2. The molecule has 0 bridgehead atoms. The second-order valence-corrected chi connectivity index (χ2v) is 5.87. The van der Waals surface area contributed by atoms with Gasteiger partial charge in [-0.05, 0) is 43.2 Å². The molecule has 2 heterocycles. The summed E-state index contributed by atoms with van der Waals surface area (Å²) in [6, 6.07) is 8.94. The first-order valence-electron chi connectivity index (χ1n) is 7.64. The lowest BCUT2D eigenvalue weighted by Gasteiger charge is -2.16. The van der Waals surface area contributed by atoms with Crippen molar-refractivity contribution in [3.63, 3.8) is 0 Å². The predicted molar refractivity (Wildman–Crippen MR) is 85.2 cm³/mol. The van der Waals surface area contributed by atoms with Crippen molar-refractivity contribution in [2.24, 2.45) is 0 Å². The number of anilines is 1. The van der Waals surface area contributed by atoms with E-state index >= 15 is 0 Å². The molecule has 1 fully saturated rings. The van der Waals surface area contributed by atoms with Crippen LogP contribution < -0.4 is 5.32 Å². The van der Waals surface area contributed by atoms with Crippen molar-refractivity contribution in [1.82, 2.24) is 9.88 Å². The van der Waals surface area contributed by atoms with Crippen LogP contribution >= 0.6 is 0 Å². The molecule has 0 aliphatic heterocycles. The molecule has 1 saturated carbocycles. The summed E-state index contributed by atoms with van der Waals surface area (Å²) in [5, 5.41) is 2.86. The van der Waals surface area contributed by atoms with Gasteiger partial charge >= 0.3 is 6.03 Å². The van der Waals surface area contributed by atoms with Crippen LogP contribution in [0.2, 0.25) is 0 Å². The molecule has 1 aliphatic carbocycles. The number of fused-ring (bicyclic) bond motifs is 1. The smallest absolute Gasteiger partial charge is 0.321 e. The zero-order chi connectivity index (χ0) is 15.8. The van der Waals surface area contributed by atoms with Crippen molar-refractivity contribution >= 4 is 22.8 Å². The van der Waals surface area contributed by atoms with Crippen LogP contribution in [0.4, 0.5) is 10.5 Å². The molecule has 1 N–H and O–H groups in total. The third kappa shape index (κ3) is 2.92. The summed E-state index contributed by atoms with van der Waals surface area (Å²) in [6.07, 6.45) is 3.89. The van der Waals surface area contributed by atoms with Crippen LogP contribution in [0, 0.1) is 0 Å². The molecule has 2 aromatic heterocycles. The minimum atomic E-state index is -0.202. The largest absolute Gasteiger partial charge is 0.467 e. The first-order valence-corrected chi connectivity index (χ1v) is 7.64. The highest BCUT2D eigenvalue weighted by Gasteiger charge is 2.28. The van der Waals surface area contributed by atoms with Crippen molar-refractivity contribution in [2.75, 3.05) is 12.4 Å². The molecule has 3 aromatic rings. The van der Waals surface area contributed by atoms with Gasteiger partial charge in [0.25, 0.3) is 0 Å². The Hall–Kier alpha value is -2.76. The predicted octanol–water partition coefficient (Wildman–Crippen LogP) is 3.96. The van der Waals surface area contributed by atoms with Crippen molar-refractivity contribution in [3.8, 4) is 0 Å². The van der Waals surface area contributed by atoms with E-state index in [0.29, 0.717) is 18.2 Å². The number of carbonyl (C=O) groups is 1. The van der Waals surface area contributed by atoms with Gasteiger partial charge < -0.3 is 19.1 Å². The van der Waals surface area contributed by atoms with Gasteiger partial charge in [0, 0.05) is 18.7 Å². The number of nitrogens with one attached hydrogen (secondary N) is 1. The number of carbonyl (C=O) groups excluding carboxylic acids is 1. The lowest BCUT2D eigenvalue weighted by molar-refractivity contribution is 0.217. The molecule has 0 spiro atoms. The van der Waals surface area contributed by atoms with Gasteiger partial charge in [0.2, 0.25) is 0 Å². The Morgan fingerprint density at radius 1 is 1.39 bits per heavy atom. The van der Waals surface area contributed by atoms with Crippen LogP contribution in [-0.2, 0) is 6.54 Å². The molecular formula is C17H17N3O3. The molecule has 0 unspecified atom stereocenters. The lowest BCUT2D eigenvalue weighted by atomic mass is 10.3. The molecule has 1 aliphatic rings. The highest BCUT2D eigenvalue weighted by Crippen LogP contribution is 2.40. The van der Waals surface area contributed by atoms with E-state index in [1.807, 2.05) is 24.3 Å². The van der Waals surface area contributed by atoms with Crippen LogP contribution in [0.15, 0.2) is 45.4 Å². The summed E-state index contributed by atoms with van der Waals surface area (Å²) in [5.41, 5.74) is 2.23. The molecule has 4 rings (SSSR count). The van der Waals surface area contributed by atoms with Crippen LogP contribution in [0.25, 0.3) is 11.1 Å². The minimum absolute atomic E-state index is 0.202. The molecule has 0 radical (unpaired) electrons. The zero-order valence-electron chi connectivity index (χ0n) is 12.8. The summed E-state index contributed by atoms with van der Waals surface area (Å²) in [7, 11) is 1.72. The average Bonchev–Trinajstić information content (AvgIpc) is 3.10. The van der Waals surface area contributed by atoms with Gasteiger partial charge in [0.15, 0.2) is 11.5 Å². The standard InChI is InChI=1S/C17H17N3O3/c1-20(10-13-3-2-8-22-13)17(21)18-12-6-7-15-14(9-12)19-16(23-15)11-4-5-11/h2-3,6-9,11H,4-5,10H2,1H3,(H,18,21). The normalized spacial score (nSPS) is 14.1. The van der Waals surface area contributed by atoms with Crippen LogP contribution in [-0.4, -0.2) is 23.0 Å². The Kier molecular flexibility index (Phi) is 3.29. The third-order valence-electron chi connectivity index (χ3n) is 3.90. The minimum Gasteiger partial charge on any atom is -0.467 e. The Balaban J connectivity index is 1.46. The van der Waals surface area contributed by atoms with Crippen LogP contribution in [0.3, 0.4) is 0 Å². The molecule has 23 heavy (non-hydrogen) atoms. The Labute approximate surface area is 133 Å². The maximum Gasteiger partial charge on any atom is 0.321 e. The summed E-state index contributed by atoms with van der Waals surface area (Å²) >= 11 is 0. The van der Waals surface area contributed by atoms with Crippen LogP contribution in [0.1, 0.15) is 30.4 Å². The second kappa shape index (κ2) is 5.46. The maximum atomic E-state index is 12.2. The zero-order valence-corrected chi connectivity index (χ0v) is 12.8. The number of hydrogen-bond acceptors (Lipinski definition) is 4. The van der Waals surface area contributed by atoms with E-state index in [-0.39, 0.29) is 6.03 Å². The van der Waals surface area contributed by atoms with E-state index in [0.717, 1.165) is 35.6 Å². The third-order valence-corrected chi connectivity index (χ3v) is 3.90. The van der Waals surface area contributed by atoms with Gasteiger partial charge in [-0.25, -0.2) is 9.78 Å². The van der Waals surface area contributed by atoms with Crippen molar-refractivity contribution in [1.29, 1.82) is 0 Å². The van der Waals surface area contributed by atoms with Crippen molar-refractivity contribution < 1.29 is 13.6 Å². The molecule has 0 atom stereocenters. The van der Waals surface area contributed by atoms with E-state index < -0.39 is 0 Å². The first-order chi connectivity index (χ1) is 11.2. The van der Waals surface area contributed by atoms with E-state index in [4.69, 9.17) is 8.83 Å². The van der Waals surface area contributed by atoms with Gasteiger partial charge in [-0.3, -0.25) is 0 Å². The van der Waals surface area contributed by atoms with E-state index in [9.17, 15) is 4.79 Å². The average molecular weight is 311 g/mol. The van der Waals surface area contributed by atoms with Crippen molar-refractivity contribution in [2.45, 2.75) is 25.3 Å². The Morgan fingerprint density at radius 2 is 2.26 bits per heavy atom. The Morgan fingerprint density at radius 3 is 3.00 bits per heavy atom. The topological polar surface area (TPSA) is 71.5 Å². The fourth-order valence-corrected chi connectivity index (χ4v) is 2.45. The van der Waals surface area contributed by atoms with E-state index in [1.54, 1.807) is 24.3 Å². The SMILES string of the molecule is CN(Cc1ccco1)C(=O)Nc1ccc2oc(C3CC3)nc2c1. The fraction of sp³-hybridized carbons (Fsp3) is 0.294. The molecule has 6 heteroatoms.